The lowest BCUT2D eigenvalue weighted by Gasteiger charge is -2.36. The number of carbonyl (C=O) groups excluding carboxylic acids is 2. The molecule has 3 aromatic rings. The minimum Gasteiger partial charge on any atom is -0.492 e. The van der Waals surface area contributed by atoms with E-state index in [1.807, 2.05) is 73.6 Å². The Morgan fingerprint density at radius 3 is 2.60 bits per heavy atom. The van der Waals surface area contributed by atoms with Gasteiger partial charge in [-0.1, -0.05) is 19.1 Å². The van der Waals surface area contributed by atoms with Crippen molar-refractivity contribution in [3.05, 3.63) is 71.4 Å². The van der Waals surface area contributed by atoms with Gasteiger partial charge in [-0.15, -0.1) is 0 Å². The van der Waals surface area contributed by atoms with Gasteiger partial charge in [0.25, 0.3) is 5.91 Å². The van der Waals surface area contributed by atoms with E-state index < -0.39 is 0 Å². The molecule has 1 aromatic heterocycles. The minimum atomic E-state index is -0.221. The van der Waals surface area contributed by atoms with Gasteiger partial charge in [0.1, 0.15) is 11.6 Å². The zero-order valence-corrected chi connectivity index (χ0v) is 25.3. The number of rotatable bonds is 6. The van der Waals surface area contributed by atoms with Crippen LogP contribution >= 0.6 is 0 Å². The number of β-amino-alcohol motifs (C(OH)–C–C–N with tert-alkyl or cyclic N) is 1. The molecule has 3 aliphatic rings. The fourth-order valence-electron chi connectivity index (χ4n) is 6.71. The number of aliphatic hydroxyl groups excluding tert-OH is 1. The van der Waals surface area contributed by atoms with Gasteiger partial charge in [-0.3, -0.25) is 14.5 Å². The van der Waals surface area contributed by atoms with Gasteiger partial charge in [-0.2, -0.15) is 0 Å². The van der Waals surface area contributed by atoms with Crippen LogP contribution in [0, 0.1) is 0 Å². The van der Waals surface area contributed by atoms with Crippen molar-refractivity contribution in [2.75, 3.05) is 50.1 Å². The van der Waals surface area contributed by atoms with E-state index in [1.165, 1.54) is 0 Å². The molecule has 226 valence electrons. The van der Waals surface area contributed by atoms with Crippen molar-refractivity contribution in [2.24, 2.45) is 0 Å². The Hall–Kier alpha value is -3.95. The summed E-state index contributed by atoms with van der Waals surface area (Å²) in [7, 11) is 1.98. The summed E-state index contributed by atoms with van der Waals surface area (Å²) in [5.74, 6) is 1.41. The molecule has 2 fully saturated rings. The van der Waals surface area contributed by atoms with Gasteiger partial charge >= 0.3 is 0 Å². The number of nitrogens with zero attached hydrogens (tertiary/aromatic N) is 4. The zero-order valence-electron chi connectivity index (χ0n) is 25.3. The highest BCUT2D eigenvalue weighted by Crippen LogP contribution is 2.40. The standard InChI is InChI=1S/C34H41N5O4/c1-4-43-32-18-23(34(42)38-14-11-24(12-15-38)39-16-13-25(40)21-39)9-10-28(32)36-33-19-30-27(20-35-33)22(2)17-31(41)26-7-5-6-8-29(26)37(30)3/h5-10,18-20,22,24-25,40H,4,11-17,21H2,1-3H3,(H,35,36). The number of ketones is 1. The third-order valence-corrected chi connectivity index (χ3v) is 9.12. The van der Waals surface area contributed by atoms with Crippen molar-refractivity contribution >= 4 is 34.6 Å². The predicted molar refractivity (Wildman–Crippen MR) is 168 cm³/mol. The number of aliphatic hydroxyl groups is 1. The molecule has 2 atom stereocenters. The quantitative estimate of drug-likeness (QED) is 0.401. The number of hydrogen-bond donors (Lipinski definition) is 2. The van der Waals surface area contributed by atoms with Crippen LogP contribution < -0.4 is 15.0 Å². The molecule has 0 aliphatic carbocycles. The van der Waals surface area contributed by atoms with E-state index in [-0.39, 0.29) is 23.7 Å². The summed E-state index contributed by atoms with van der Waals surface area (Å²) >= 11 is 0. The van der Waals surface area contributed by atoms with Crippen molar-refractivity contribution < 1.29 is 19.4 Å². The highest BCUT2D eigenvalue weighted by atomic mass is 16.5. The fraction of sp³-hybridized carbons (Fsp3) is 0.441. The molecule has 2 unspecified atom stereocenters. The van der Waals surface area contributed by atoms with Crippen LogP contribution in [0.15, 0.2) is 54.7 Å². The molecule has 0 saturated carbocycles. The van der Waals surface area contributed by atoms with Gasteiger partial charge in [-0.05, 0) is 68.0 Å². The number of aromatic nitrogens is 1. The van der Waals surface area contributed by atoms with E-state index in [9.17, 15) is 14.7 Å². The van der Waals surface area contributed by atoms with Crippen LogP contribution in [0.1, 0.15) is 71.7 Å². The average molecular weight is 584 g/mol. The lowest BCUT2D eigenvalue weighted by molar-refractivity contribution is 0.0627. The van der Waals surface area contributed by atoms with E-state index in [2.05, 4.69) is 22.0 Å². The first kappa shape index (κ1) is 29.1. The van der Waals surface area contributed by atoms with Gasteiger partial charge in [-0.25, -0.2) is 4.98 Å². The first-order chi connectivity index (χ1) is 20.8. The Kier molecular flexibility index (Phi) is 8.36. The third-order valence-electron chi connectivity index (χ3n) is 9.12. The maximum Gasteiger partial charge on any atom is 0.253 e. The molecule has 9 heteroatoms. The number of Topliss-reactive ketones (excluding diaryl/α,β-unsaturated/α-hetero) is 1. The Morgan fingerprint density at radius 1 is 1.07 bits per heavy atom. The van der Waals surface area contributed by atoms with Crippen molar-refractivity contribution in [1.82, 2.24) is 14.8 Å². The topological polar surface area (TPSA) is 98.2 Å². The smallest absolute Gasteiger partial charge is 0.253 e. The molecule has 2 aromatic carbocycles. The molecule has 2 saturated heterocycles. The summed E-state index contributed by atoms with van der Waals surface area (Å²) in [6, 6.07) is 15.7. The molecule has 2 N–H and O–H groups in total. The lowest BCUT2D eigenvalue weighted by atomic mass is 9.90. The molecule has 43 heavy (non-hydrogen) atoms. The van der Waals surface area contributed by atoms with Crippen LogP contribution in [0.2, 0.25) is 0 Å². The van der Waals surface area contributed by atoms with E-state index >= 15 is 0 Å². The van der Waals surface area contributed by atoms with E-state index in [4.69, 9.17) is 9.72 Å². The number of anilines is 4. The maximum absolute atomic E-state index is 13.5. The summed E-state index contributed by atoms with van der Waals surface area (Å²) in [6.07, 6.45) is 4.74. The fourth-order valence-corrected chi connectivity index (χ4v) is 6.71. The predicted octanol–water partition coefficient (Wildman–Crippen LogP) is 5.35. The molecular weight excluding hydrogens is 542 g/mol. The number of piperidine rings is 1. The summed E-state index contributed by atoms with van der Waals surface area (Å²) in [6.45, 7) is 7.55. The van der Waals surface area contributed by atoms with Gasteiger partial charge in [0.05, 0.1) is 24.1 Å². The second kappa shape index (κ2) is 12.3. The maximum atomic E-state index is 13.5. The Bertz CT molecular complexity index is 1500. The molecule has 0 bridgehead atoms. The van der Waals surface area contributed by atoms with Crippen LogP contribution in [0.4, 0.5) is 22.9 Å². The normalized spacial score (nSPS) is 21.2. The Balaban J connectivity index is 1.20. The van der Waals surface area contributed by atoms with E-state index in [0.717, 1.165) is 60.5 Å². The number of benzene rings is 2. The SMILES string of the molecule is CCOc1cc(C(=O)N2CCC(N3CCC(O)C3)CC2)ccc1Nc1cc2c(cn1)C(C)CC(=O)c1ccccc1N2C. The van der Waals surface area contributed by atoms with Crippen molar-refractivity contribution in [3.63, 3.8) is 0 Å². The number of likely N-dealkylation sites (tertiary alicyclic amines) is 2. The molecular formula is C34H41N5O4. The molecule has 4 heterocycles. The number of para-hydroxylation sites is 1. The monoisotopic (exact) mass is 583 g/mol. The molecule has 6 rings (SSSR count). The number of pyridine rings is 1. The molecule has 0 radical (unpaired) electrons. The van der Waals surface area contributed by atoms with Crippen molar-refractivity contribution in [3.8, 4) is 5.75 Å². The second-order valence-corrected chi connectivity index (χ2v) is 12.0. The summed E-state index contributed by atoms with van der Waals surface area (Å²) in [4.78, 5) is 37.5. The van der Waals surface area contributed by atoms with E-state index in [1.54, 1.807) is 0 Å². The highest BCUT2D eigenvalue weighted by Gasteiger charge is 2.32. The zero-order chi connectivity index (χ0) is 30.1. The van der Waals surface area contributed by atoms with Gasteiger partial charge in [0.15, 0.2) is 5.78 Å². The summed E-state index contributed by atoms with van der Waals surface area (Å²) < 4.78 is 5.99. The molecule has 0 spiro atoms. The molecule has 3 aliphatic heterocycles. The number of nitrogens with one attached hydrogen (secondary N) is 1. The number of carbonyl (C=O) groups is 2. The number of hydrogen-bond acceptors (Lipinski definition) is 8. The van der Waals surface area contributed by atoms with E-state index in [0.29, 0.717) is 49.3 Å². The largest absolute Gasteiger partial charge is 0.492 e. The Labute approximate surface area is 253 Å². The Morgan fingerprint density at radius 2 is 1.86 bits per heavy atom. The second-order valence-electron chi connectivity index (χ2n) is 12.0. The van der Waals surface area contributed by atoms with Crippen LogP contribution in [-0.4, -0.2) is 83.6 Å². The van der Waals surface area contributed by atoms with Gasteiger partial charge in [0.2, 0.25) is 0 Å². The third kappa shape index (κ3) is 5.96. The summed E-state index contributed by atoms with van der Waals surface area (Å²) in [5.41, 5.74) is 4.94. The average Bonchev–Trinajstić information content (AvgIpc) is 3.47. The highest BCUT2D eigenvalue weighted by molar-refractivity contribution is 6.03. The first-order valence-corrected chi connectivity index (χ1v) is 15.4. The summed E-state index contributed by atoms with van der Waals surface area (Å²) in [5, 5.41) is 13.3. The van der Waals surface area contributed by atoms with Crippen LogP contribution in [0.25, 0.3) is 0 Å². The van der Waals surface area contributed by atoms with Crippen LogP contribution in [0.3, 0.4) is 0 Å². The van der Waals surface area contributed by atoms with Gasteiger partial charge in [0, 0.05) is 74.8 Å². The number of fused-ring (bicyclic) bond motifs is 2. The molecule has 1 amide bonds. The van der Waals surface area contributed by atoms with Crippen LogP contribution in [0.5, 0.6) is 5.75 Å². The first-order valence-electron chi connectivity index (χ1n) is 15.4. The van der Waals surface area contributed by atoms with Crippen molar-refractivity contribution in [2.45, 2.75) is 57.6 Å². The van der Waals surface area contributed by atoms with Crippen LogP contribution in [-0.2, 0) is 0 Å². The lowest BCUT2D eigenvalue weighted by Crippen LogP contribution is -2.46. The van der Waals surface area contributed by atoms with Crippen molar-refractivity contribution in [1.29, 1.82) is 0 Å². The van der Waals surface area contributed by atoms with Gasteiger partial charge < -0.3 is 25.0 Å². The number of ether oxygens (including phenoxy) is 1. The minimum absolute atomic E-state index is 0.00968. The molecule has 9 nitrogen and oxygen atoms in total. The number of amides is 1.